The van der Waals surface area contributed by atoms with Crippen molar-refractivity contribution in [2.24, 2.45) is 5.92 Å². The van der Waals surface area contributed by atoms with Crippen molar-refractivity contribution >= 4 is 35.4 Å². The third-order valence-electron chi connectivity index (χ3n) is 2.97. The van der Waals surface area contributed by atoms with Gasteiger partial charge in [-0.25, -0.2) is 0 Å². The molecule has 2 rings (SSSR count). The Kier molecular flexibility index (Phi) is 5.28. The highest BCUT2D eigenvalue weighted by Crippen LogP contribution is 2.36. The molecule has 1 aliphatic rings. The number of ketones is 2. The Morgan fingerprint density at radius 2 is 1.83 bits per heavy atom. The summed E-state index contributed by atoms with van der Waals surface area (Å²) < 4.78 is 41.4. The number of cyclic esters (lactones) is 1. The molecule has 1 aromatic carbocycles. The SMILES string of the molecule is CC1=CC(=O)C(C(=O)C=Cc2ccc(SC(F)(F)F)cc2)C(=O)O1. The average molecular weight is 356 g/mol. The van der Waals surface area contributed by atoms with Crippen LogP contribution in [0.5, 0.6) is 0 Å². The van der Waals surface area contributed by atoms with Crippen molar-refractivity contribution in [2.45, 2.75) is 17.3 Å². The van der Waals surface area contributed by atoms with Crippen LogP contribution in [0.15, 0.2) is 47.1 Å². The molecule has 0 radical (unpaired) electrons. The number of benzene rings is 1. The monoisotopic (exact) mass is 356 g/mol. The van der Waals surface area contributed by atoms with Gasteiger partial charge in [-0.05, 0) is 42.5 Å². The molecule has 0 aliphatic carbocycles. The van der Waals surface area contributed by atoms with Crippen molar-refractivity contribution < 1.29 is 32.3 Å². The van der Waals surface area contributed by atoms with Crippen LogP contribution in [-0.2, 0) is 19.1 Å². The van der Waals surface area contributed by atoms with Gasteiger partial charge in [0.25, 0.3) is 0 Å². The Morgan fingerprint density at radius 3 is 2.38 bits per heavy atom. The zero-order valence-electron chi connectivity index (χ0n) is 12.3. The molecule has 0 N–H and O–H groups in total. The first-order chi connectivity index (χ1) is 11.2. The van der Waals surface area contributed by atoms with E-state index in [1.165, 1.54) is 37.3 Å². The average Bonchev–Trinajstić information content (AvgIpc) is 2.43. The lowest BCUT2D eigenvalue weighted by Crippen LogP contribution is -2.34. The highest BCUT2D eigenvalue weighted by Gasteiger charge is 2.36. The molecule has 1 heterocycles. The quantitative estimate of drug-likeness (QED) is 0.357. The first-order valence-corrected chi connectivity index (χ1v) is 7.49. The molecule has 0 spiro atoms. The van der Waals surface area contributed by atoms with Gasteiger partial charge in [-0.15, -0.1) is 0 Å². The Balaban J connectivity index is 2.06. The molecule has 0 fully saturated rings. The lowest BCUT2D eigenvalue weighted by atomic mass is 9.96. The van der Waals surface area contributed by atoms with Gasteiger partial charge in [0.15, 0.2) is 17.5 Å². The van der Waals surface area contributed by atoms with E-state index in [1.807, 2.05) is 0 Å². The fourth-order valence-corrected chi connectivity index (χ4v) is 2.50. The molecule has 0 saturated heterocycles. The lowest BCUT2D eigenvalue weighted by Gasteiger charge is -2.15. The van der Waals surface area contributed by atoms with Gasteiger partial charge in [-0.3, -0.25) is 14.4 Å². The summed E-state index contributed by atoms with van der Waals surface area (Å²) >= 11 is -0.246. The summed E-state index contributed by atoms with van der Waals surface area (Å²) in [7, 11) is 0. The largest absolute Gasteiger partial charge is 0.446 e. The number of alkyl halides is 3. The Bertz CT molecular complexity index is 733. The molecule has 8 heteroatoms. The molecule has 1 aromatic rings. The molecular formula is C16H11F3O4S. The van der Waals surface area contributed by atoms with E-state index in [0.29, 0.717) is 5.56 Å². The fraction of sp³-hybridized carbons (Fsp3) is 0.188. The first-order valence-electron chi connectivity index (χ1n) is 6.67. The molecule has 1 atom stereocenters. The first kappa shape index (κ1) is 18.0. The maximum Gasteiger partial charge on any atom is 0.446 e. The number of carbonyl (C=O) groups is 3. The minimum absolute atomic E-state index is 0.0117. The fourth-order valence-electron chi connectivity index (χ4n) is 1.96. The number of ether oxygens (including phenoxy) is 1. The van der Waals surface area contributed by atoms with E-state index in [2.05, 4.69) is 0 Å². The van der Waals surface area contributed by atoms with E-state index in [-0.39, 0.29) is 22.4 Å². The van der Waals surface area contributed by atoms with Crippen molar-refractivity contribution in [1.29, 1.82) is 0 Å². The van der Waals surface area contributed by atoms with Gasteiger partial charge in [0.1, 0.15) is 5.76 Å². The van der Waals surface area contributed by atoms with Gasteiger partial charge >= 0.3 is 11.5 Å². The van der Waals surface area contributed by atoms with Crippen LogP contribution in [0.25, 0.3) is 6.08 Å². The zero-order chi connectivity index (χ0) is 17.9. The van der Waals surface area contributed by atoms with Crippen LogP contribution in [0.1, 0.15) is 12.5 Å². The summed E-state index contributed by atoms with van der Waals surface area (Å²) in [6.45, 7) is 1.42. The number of thioether (sulfide) groups is 1. The predicted octanol–water partition coefficient (Wildman–Crippen LogP) is 3.53. The highest BCUT2D eigenvalue weighted by molar-refractivity contribution is 8.00. The summed E-state index contributed by atoms with van der Waals surface area (Å²) in [6.07, 6.45) is 3.42. The van der Waals surface area contributed by atoms with Crippen LogP contribution >= 0.6 is 11.8 Å². The Morgan fingerprint density at radius 1 is 1.21 bits per heavy atom. The van der Waals surface area contributed by atoms with Crippen LogP contribution < -0.4 is 0 Å². The molecule has 1 unspecified atom stereocenters. The molecule has 24 heavy (non-hydrogen) atoms. The number of esters is 1. The molecule has 4 nitrogen and oxygen atoms in total. The molecule has 126 valence electrons. The molecule has 0 saturated carbocycles. The normalized spacial score (nSPS) is 18.5. The Labute approximate surface area is 139 Å². The van der Waals surface area contributed by atoms with E-state index in [0.717, 1.165) is 12.2 Å². The van der Waals surface area contributed by atoms with Crippen LogP contribution in [0.3, 0.4) is 0 Å². The van der Waals surface area contributed by atoms with Crippen LogP contribution in [0.2, 0.25) is 0 Å². The second-order valence-electron chi connectivity index (χ2n) is 4.86. The third kappa shape index (κ3) is 4.82. The zero-order valence-corrected chi connectivity index (χ0v) is 13.1. The molecule has 0 bridgehead atoms. The van der Waals surface area contributed by atoms with E-state index in [1.54, 1.807) is 0 Å². The van der Waals surface area contributed by atoms with E-state index in [4.69, 9.17) is 4.74 Å². The maximum atomic E-state index is 12.2. The lowest BCUT2D eigenvalue weighted by molar-refractivity contribution is -0.151. The third-order valence-corrected chi connectivity index (χ3v) is 3.70. The van der Waals surface area contributed by atoms with Gasteiger partial charge < -0.3 is 4.74 Å². The maximum absolute atomic E-state index is 12.2. The molecule has 0 amide bonds. The topological polar surface area (TPSA) is 60.4 Å². The number of allylic oxidation sites excluding steroid dienone is 3. The summed E-state index contributed by atoms with van der Waals surface area (Å²) in [5, 5.41) is 0. The second kappa shape index (κ2) is 7.04. The predicted molar refractivity (Wildman–Crippen MR) is 80.7 cm³/mol. The van der Waals surface area contributed by atoms with Gasteiger partial charge in [0.05, 0.1) is 0 Å². The van der Waals surface area contributed by atoms with Gasteiger partial charge in [0, 0.05) is 11.0 Å². The number of rotatable bonds is 4. The summed E-state index contributed by atoms with van der Waals surface area (Å²) in [4.78, 5) is 35.3. The summed E-state index contributed by atoms with van der Waals surface area (Å²) in [6, 6.07) is 5.30. The number of hydrogen-bond donors (Lipinski definition) is 0. The minimum Gasteiger partial charge on any atom is -0.430 e. The number of carbonyl (C=O) groups excluding carboxylic acids is 3. The van der Waals surface area contributed by atoms with Crippen molar-refractivity contribution in [1.82, 2.24) is 0 Å². The molecule has 0 aromatic heterocycles. The smallest absolute Gasteiger partial charge is 0.430 e. The Hall–Kier alpha value is -2.35. The standard InChI is InChI=1S/C16H11F3O4S/c1-9-8-13(21)14(15(22)23-9)12(20)7-4-10-2-5-11(6-3-10)24-16(17,18)19/h2-8,14H,1H3. The van der Waals surface area contributed by atoms with Crippen molar-refractivity contribution in [2.75, 3.05) is 0 Å². The number of hydrogen-bond acceptors (Lipinski definition) is 5. The van der Waals surface area contributed by atoms with Crippen molar-refractivity contribution in [3.05, 3.63) is 47.7 Å². The molecular weight excluding hydrogens is 345 g/mol. The van der Waals surface area contributed by atoms with Crippen LogP contribution in [0.4, 0.5) is 13.2 Å². The van der Waals surface area contributed by atoms with Crippen molar-refractivity contribution in [3.63, 3.8) is 0 Å². The summed E-state index contributed by atoms with van der Waals surface area (Å²) in [5.41, 5.74) is -3.92. The second-order valence-corrected chi connectivity index (χ2v) is 6.00. The van der Waals surface area contributed by atoms with Crippen molar-refractivity contribution in [3.8, 4) is 0 Å². The van der Waals surface area contributed by atoms with E-state index >= 15 is 0 Å². The van der Waals surface area contributed by atoms with E-state index < -0.39 is 29.0 Å². The minimum atomic E-state index is -4.37. The highest BCUT2D eigenvalue weighted by atomic mass is 32.2. The summed E-state index contributed by atoms with van der Waals surface area (Å²) in [5.74, 6) is -3.76. The number of halogens is 3. The van der Waals surface area contributed by atoms with Crippen LogP contribution in [0, 0.1) is 5.92 Å². The van der Waals surface area contributed by atoms with E-state index in [9.17, 15) is 27.6 Å². The van der Waals surface area contributed by atoms with Gasteiger partial charge in [-0.1, -0.05) is 18.2 Å². The molecule has 1 aliphatic heterocycles. The van der Waals surface area contributed by atoms with Gasteiger partial charge in [-0.2, -0.15) is 13.2 Å². The van der Waals surface area contributed by atoms with Gasteiger partial charge in [0.2, 0.25) is 0 Å². The van der Waals surface area contributed by atoms with Crippen LogP contribution in [-0.4, -0.2) is 23.0 Å².